The van der Waals surface area contributed by atoms with Crippen molar-refractivity contribution in [2.24, 2.45) is 7.05 Å². The van der Waals surface area contributed by atoms with Crippen LogP contribution < -0.4 is 4.74 Å². The predicted molar refractivity (Wildman–Crippen MR) is 89.6 cm³/mol. The van der Waals surface area contributed by atoms with Crippen molar-refractivity contribution in [3.05, 3.63) is 50.7 Å². The van der Waals surface area contributed by atoms with Crippen LogP contribution in [0, 0.1) is 0 Å². The second-order valence-electron chi connectivity index (χ2n) is 4.77. The minimum absolute atomic E-state index is 0.0368. The zero-order chi connectivity index (χ0) is 15.6. The number of ether oxygens (including phenoxy) is 1. The monoisotopic (exact) mass is 414 g/mol. The Labute approximate surface area is 141 Å². The molecule has 0 atom stereocenters. The first-order valence-electron chi connectivity index (χ1n) is 6.32. The summed E-state index contributed by atoms with van der Waals surface area (Å²) in [6, 6.07) is 7.58. The fraction of sp³-hybridized carbons (Fsp3) is 0.267. The lowest BCUT2D eigenvalue weighted by atomic mass is 10.2. The molecule has 2 rings (SSSR count). The van der Waals surface area contributed by atoms with Gasteiger partial charge in [0.15, 0.2) is 0 Å². The number of halogens is 2. The Kier molecular flexibility index (Phi) is 5.11. The van der Waals surface area contributed by atoms with E-state index < -0.39 is 0 Å². The van der Waals surface area contributed by atoms with Crippen molar-refractivity contribution in [3.8, 4) is 5.75 Å². The minimum Gasteiger partial charge on any atom is -0.496 e. The summed E-state index contributed by atoms with van der Waals surface area (Å²) >= 11 is 6.82. The van der Waals surface area contributed by atoms with E-state index in [1.807, 2.05) is 37.5 Å². The van der Waals surface area contributed by atoms with E-state index in [9.17, 15) is 4.79 Å². The summed E-state index contributed by atoms with van der Waals surface area (Å²) in [6.07, 6.45) is 1.86. The van der Waals surface area contributed by atoms with Gasteiger partial charge in [0.2, 0.25) is 0 Å². The molecule has 0 aliphatic heterocycles. The highest BCUT2D eigenvalue weighted by Crippen LogP contribution is 2.25. The number of rotatable bonds is 4. The molecule has 1 aromatic heterocycles. The summed E-state index contributed by atoms with van der Waals surface area (Å²) in [5.41, 5.74) is 1.59. The van der Waals surface area contributed by atoms with Crippen molar-refractivity contribution in [2.45, 2.75) is 6.54 Å². The molecular formula is C15H16Br2N2O2. The van der Waals surface area contributed by atoms with Crippen LogP contribution in [0.2, 0.25) is 0 Å². The maximum atomic E-state index is 12.5. The van der Waals surface area contributed by atoms with Gasteiger partial charge < -0.3 is 14.2 Å². The Morgan fingerprint density at radius 2 is 2.00 bits per heavy atom. The van der Waals surface area contributed by atoms with E-state index in [0.717, 1.165) is 20.3 Å². The lowest BCUT2D eigenvalue weighted by Crippen LogP contribution is -2.28. The van der Waals surface area contributed by atoms with Gasteiger partial charge >= 0.3 is 0 Å². The minimum atomic E-state index is -0.0368. The molecule has 1 aromatic carbocycles. The van der Waals surface area contributed by atoms with Gasteiger partial charge in [-0.25, -0.2) is 0 Å². The second kappa shape index (κ2) is 6.66. The number of hydrogen-bond donors (Lipinski definition) is 0. The third kappa shape index (κ3) is 3.68. The molecule has 0 N–H and O–H groups in total. The van der Waals surface area contributed by atoms with Crippen molar-refractivity contribution in [3.63, 3.8) is 0 Å². The summed E-state index contributed by atoms with van der Waals surface area (Å²) in [7, 11) is 5.26. The first-order chi connectivity index (χ1) is 9.92. The third-order valence-electron chi connectivity index (χ3n) is 3.19. The van der Waals surface area contributed by atoms with Crippen LogP contribution in [0.4, 0.5) is 0 Å². The molecular weight excluding hydrogens is 400 g/mol. The largest absolute Gasteiger partial charge is 0.496 e. The van der Waals surface area contributed by atoms with E-state index in [4.69, 9.17) is 4.74 Å². The number of hydrogen-bond acceptors (Lipinski definition) is 2. The predicted octanol–water partition coefficient (Wildman–Crippen LogP) is 3.83. The van der Waals surface area contributed by atoms with Crippen LogP contribution in [0.15, 0.2) is 39.4 Å². The Morgan fingerprint density at radius 1 is 1.29 bits per heavy atom. The van der Waals surface area contributed by atoms with Crippen LogP contribution in [0.3, 0.4) is 0 Å². The highest BCUT2D eigenvalue weighted by Gasteiger charge is 2.17. The molecule has 112 valence electrons. The van der Waals surface area contributed by atoms with Gasteiger partial charge in [0.05, 0.1) is 7.11 Å². The molecule has 4 nitrogen and oxygen atoms in total. The second-order valence-corrected chi connectivity index (χ2v) is 6.60. The van der Waals surface area contributed by atoms with Crippen molar-refractivity contribution < 1.29 is 9.53 Å². The van der Waals surface area contributed by atoms with E-state index in [2.05, 4.69) is 31.9 Å². The van der Waals surface area contributed by atoms with Crippen molar-refractivity contribution in [1.82, 2.24) is 9.47 Å². The van der Waals surface area contributed by atoms with E-state index in [0.29, 0.717) is 12.2 Å². The van der Waals surface area contributed by atoms with Crippen molar-refractivity contribution in [1.29, 1.82) is 0 Å². The van der Waals surface area contributed by atoms with Crippen LogP contribution in [0.1, 0.15) is 16.1 Å². The standard InChI is InChI=1S/C15H16Br2N2O2/c1-18-9-12(17)7-13(18)15(20)19(2)8-10-6-11(16)4-5-14(10)21-3/h4-7,9H,8H2,1-3H3. The van der Waals surface area contributed by atoms with Gasteiger partial charge in [-0.2, -0.15) is 0 Å². The molecule has 0 fully saturated rings. The molecule has 0 spiro atoms. The van der Waals surface area contributed by atoms with Crippen molar-refractivity contribution >= 4 is 37.8 Å². The van der Waals surface area contributed by atoms with Gasteiger partial charge in [0.25, 0.3) is 5.91 Å². The smallest absolute Gasteiger partial charge is 0.270 e. The van der Waals surface area contributed by atoms with E-state index >= 15 is 0 Å². The van der Waals surface area contributed by atoms with Crippen LogP contribution >= 0.6 is 31.9 Å². The average molecular weight is 416 g/mol. The van der Waals surface area contributed by atoms with Gasteiger partial charge in [-0.1, -0.05) is 15.9 Å². The number of benzene rings is 1. The Hall–Kier alpha value is -1.27. The molecule has 0 saturated heterocycles. The first kappa shape index (κ1) is 16.1. The molecule has 0 aliphatic carbocycles. The fourth-order valence-corrected chi connectivity index (χ4v) is 3.06. The van der Waals surface area contributed by atoms with Gasteiger partial charge in [0, 0.05) is 41.3 Å². The zero-order valence-electron chi connectivity index (χ0n) is 12.1. The number of nitrogens with zero attached hydrogens (tertiary/aromatic N) is 2. The average Bonchev–Trinajstić information content (AvgIpc) is 2.77. The van der Waals surface area contributed by atoms with Crippen LogP contribution in [0.25, 0.3) is 0 Å². The summed E-state index contributed by atoms with van der Waals surface area (Å²) in [5, 5.41) is 0. The van der Waals surface area contributed by atoms with Gasteiger partial charge in [-0.15, -0.1) is 0 Å². The van der Waals surface area contributed by atoms with Crippen LogP contribution in [-0.2, 0) is 13.6 Å². The lowest BCUT2D eigenvalue weighted by Gasteiger charge is -2.19. The highest BCUT2D eigenvalue weighted by atomic mass is 79.9. The number of aryl methyl sites for hydroxylation is 1. The summed E-state index contributed by atoms with van der Waals surface area (Å²) in [4.78, 5) is 14.2. The third-order valence-corrected chi connectivity index (χ3v) is 4.11. The molecule has 0 unspecified atom stereocenters. The maximum Gasteiger partial charge on any atom is 0.270 e. The Balaban J connectivity index is 2.21. The molecule has 1 heterocycles. The quantitative estimate of drug-likeness (QED) is 0.760. The van der Waals surface area contributed by atoms with E-state index in [1.54, 1.807) is 23.6 Å². The normalized spacial score (nSPS) is 10.5. The maximum absolute atomic E-state index is 12.5. The lowest BCUT2D eigenvalue weighted by molar-refractivity contribution is 0.0774. The summed E-state index contributed by atoms with van der Waals surface area (Å²) in [5.74, 6) is 0.733. The number of carbonyl (C=O) groups excluding carboxylic acids is 1. The summed E-state index contributed by atoms with van der Waals surface area (Å²) in [6.45, 7) is 0.476. The SMILES string of the molecule is COc1ccc(Br)cc1CN(C)C(=O)c1cc(Br)cn1C. The highest BCUT2D eigenvalue weighted by molar-refractivity contribution is 9.10. The fourth-order valence-electron chi connectivity index (χ4n) is 2.13. The topological polar surface area (TPSA) is 34.5 Å². The van der Waals surface area contributed by atoms with Crippen LogP contribution in [0.5, 0.6) is 5.75 Å². The molecule has 6 heteroatoms. The number of amides is 1. The molecule has 0 bridgehead atoms. The Morgan fingerprint density at radius 3 is 2.57 bits per heavy atom. The van der Waals surface area contributed by atoms with Crippen molar-refractivity contribution in [2.75, 3.05) is 14.2 Å². The number of methoxy groups -OCH3 is 1. The van der Waals surface area contributed by atoms with Gasteiger partial charge in [-0.3, -0.25) is 4.79 Å². The number of carbonyl (C=O) groups is 1. The molecule has 21 heavy (non-hydrogen) atoms. The first-order valence-corrected chi connectivity index (χ1v) is 7.90. The Bertz CT molecular complexity index is 668. The summed E-state index contributed by atoms with van der Waals surface area (Å²) < 4.78 is 9.00. The number of aromatic nitrogens is 1. The van der Waals surface area contributed by atoms with E-state index in [1.165, 1.54) is 0 Å². The molecule has 1 amide bonds. The molecule has 2 aromatic rings. The van der Waals surface area contributed by atoms with Crippen LogP contribution in [-0.4, -0.2) is 29.5 Å². The van der Waals surface area contributed by atoms with E-state index in [-0.39, 0.29) is 5.91 Å². The molecule has 0 aliphatic rings. The molecule has 0 saturated carbocycles. The zero-order valence-corrected chi connectivity index (χ0v) is 15.2. The molecule has 0 radical (unpaired) electrons. The van der Waals surface area contributed by atoms with Gasteiger partial charge in [0.1, 0.15) is 11.4 Å². The van der Waals surface area contributed by atoms with Gasteiger partial charge in [-0.05, 0) is 40.2 Å².